The summed E-state index contributed by atoms with van der Waals surface area (Å²) in [6.07, 6.45) is 0.923. The van der Waals surface area contributed by atoms with Crippen LogP contribution >= 0.6 is 0 Å². The number of rotatable bonds is 6. The zero-order valence-electron chi connectivity index (χ0n) is 16.3. The van der Waals surface area contributed by atoms with Gasteiger partial charge in [-0.25, -0.2) is 8.42 Å². The Bertz CT molecular complexity index is 1180. The first-order valence-electron chi connectivity index (χ1n) is 9.42. The second-order valence-electron chi connectivity index (χ2n) is 6.92. The van der Waals surface area contributed by atoms with Crippen molar-refractivity contribution in [2.75, 3.05) is 7.11 Å². The summed E-state index contributed by atoms with van der Waals surface area (Å²) in [6, 6.07) is 22.1. The highest BCUT2D eigenvalue weighted by molar-refractivity contribution is 7.71. The van der Waals surface area contributed by atoms with E-state index < -0.39 is 16.6 Å². The van der Waals surface area contributed by atoms with Crippen LogP contribution in [0.2, 0.25) is 0 Å². The molecule has 4 rings (SSSR count). The summed E-state index contributed by atoms with van der Waals surface area (Å²) in [7, 11) is -0.904. The van der Waals surface area contributed by atoms with E-state index in [-0.39, 0.29) is 5.75 Å². The molecule has 0 fully saturated rings. The lowest BCUT2D eigenvalue weighted by Gasteiger charge is -2.28. The molecule has 3 aromatic carbocycles. The Balaban J connectivity index is 1.91. The van der Waals surface area contributed by atoms with Gasteiger partial charge in [-0.15, -0.1) is 0 Å². The third-order valence-electron chi connectivity index (χ3n) is 5.07. The van der Waals surface area contributed by atoms with E-state index in [2.05, 4.69) is 0 Å². The number of aldehydes is 1. The van der Waals surface area contributed by atoms with Gasteiger partial charge in [0.05, 0.1) is 18.8 Å². The van der Waals surface area contributed by atoms with E-state index in [1.165, 1.54) is 0 Å². The number of para-hydroxylation sites is 1. The minimum absolute atomic E-state index is 0.0158. The molecular formula is C24H20O5S. The van der Waals surface area contributed by atoms with Crippen molar-refractivity contribution in [1.29, 1.82) is 0 Å². The lowest BCUT2D eigenvalue weighted by molar-refractivity contribution is -0.108. The topological polar surface area (TPSA) is 69.7 Å². The predicted molar refractivity (Wildman–Crippen MR) is 116 cm³/mol. The first-order valence-corrected chi connectivity index (χ1v) is 10.8. The number of carbonyl (C=O) groups excluding carboxylic acids is 1. The molecule has 1 aliphatic rings. The average Bonchev–Trinajstić information content (AvgIpc) is 2.78. The Hall–Kier alpha value is -3.38. The predicted octanol–water partition coefficient (Wildman–Crippen LogP) is 4.05. The molecule has 0 bridgehead atoms. The normalized spacial score (nSPS) is 15.5. The molecule has 0 radical (unpaired) electrons. The molecule has 5 nitrogen and oxygen atoms in total. The molecule has 0 amide bonds. The number of ether oxygens (including phenoxy) is 2. The summed E-state index contributed by atoms with van der Waals surface area (Å²) >= 11 is 0. The fourth-order valence-electron chi connectivity index (χ4n) is 3.66. The van der Waals surface area contributed by atoms with E-state index in [9.17, 15) is 13.2 Å². The number of methoxy groups -OCH3 is 1. The number of allylic oxidation sites excluding steroid dienone is 1. The summed E-state index contributed by atoms with van der Waals surface area (Å²) in [5.74, 6) is 1.35. The first kappa shape index (κ1) is 19.9. The van der Waals surface area contributed by atoms with Gasteiger partial charge in [-0.2, -0.15) is 0 Å². The average molecular weight is 420 g/mol. The number of benzene rings is 3. The Morgan fingerprint density at radius 3 is 2.43 bits per heavy atom. The van der Waals surface area contributed by atoms with Crippen LogP contribution in [-0.2, 0) is 21.3 Å². The highest BCUT2D eigenvalue weighted by atomic mass is 32.2. The van der Waals surface area contributed by atoms with E-state index in [1.807, 2.05) is 60.7 Å². The van der Waals surface area contributed by atoms with Crippen molar-refractivity contribution in [1.82, 2.24) is 0 Å². The highest BCUT2D eigenvalue weighted by Crippen LogP contribution is 2.46. The summed E-state index contributed by atoms with van der Waals surface area (Å²) in [5.41, 5.74) is 3.82. The van der Waals surface area contributed by atoms with Crippen LogP contribution in [0, 0.1) is 0 Å². The van der Waals surface area contributed by atoms with Gasteiger partial charge in [0.1, 0.15) is 34.2 Å². The van der Waals surface area contributed by atoms with Crippen molar-refractivity contribution in [2.24, 2.45) is 0 Å². The molecule has 0 saturated carbocycles. The van der Waals surface area contributed by atoms with Crippen LogP contribution in [0.5, 0.6) is 11.5 Å². The molecule has 1 aliphatic heterocycles. The van der Waals surface area contributed by atoms with Crippen LogP contribution in [0.25, 0.3) is 11.3 Å². The molecule has 1 heterocycles. The second kappa shape index (κ2) is 8.55. The zero-order valence-corrected chi connectivity index (χ0v) is 17.2. The van der Waals surface area contributed by atoms with Gasteiger partial charge >= 0.3 is 0 Å². The van der Waals surface area contributed by atoms with Crippen LogP contribution in [0.1, 0.15) is 28.2 Å². The third kappa shape index (κ3) is 3.86. The minimum Gasteiger partial charge on any atom is -0.497 e. The smallest absolute Gasteiger partial charge is 0.144 e. The van der Waals surface area contributed by atoms with Crippen molar-refractivity contribution in [2.45, 2.75) is 11.7 Å². The molecule has 0 aliphatic carbocycles. The molecule has 6 heteroatoms. The Kier molecular flexibility index (Phi) is 5.68. The Labute approximate surface area is 176 Å². The molecule has 0 spiro atoms. The molecule has 0 aromatic heterocycles. The number of thiol groups is 1. The number of hydrogen-bond donors (Lipinski definition) is 1. The SMILES string of the molecule is COc1cccc(C2=C(c3ccc(C[SH](=O)=O)cc3)Oc3ccccc3C2C=O)c1. The largest absolute Gasteiger partial charge is 0.497 e. The van der Waals surface area contributed by atoms with Crippen LogP contribution in [0.4, 0.5) is 0 Å². The molecule has 1 unspecified atom stereocenters. The fraction of sp³-hybridized carbons (Fsp3) is 0.125. The van der Waals surface area contributed by atoms with E-state index in [0.717, 1.165) is 28.5 Å². The van der Waals surface area contributed by atoms with Gasteiger partial charge in [0.15, 0.2) is 0 Å². The summed E-state index contributed by atoms with van der Waals surface area (Å²) < 4.78 is 33.7. The van der Waals surface area contributed by atoms with Crippen LogP contribution in [0.15, 0.2) is 72.8 Å². The zero-order chi connectivity index (χ0) is 21.1. The Morgan fingerprint density at radius 1 is 0.967 bits per heavy atom. The number of fused-ring (bicyclic) bond motifs is 1. The summed E-state index contributed by atoms with van der Waals surface area (Å²) in [5, 5.41) is 0. The van der Waals surface area contributed by atoms with Gasteiger partial charge < -0.3 is 14.3 Å². The van der Waals surface area contributed by atoms with Crippen LogP contribution in [-0.4, -0.2) is 21.8 Å². The monoisotopic (exact) mass is 420 g/mol. The van der Waals surface area contributed by atoms with Gasteiger partial charge in [-0.1, -0.05) is 54.6 Å². The second-order valence-corrected chi connectivity index (χ2v) is 7.90. The lowest BCUT2D eigenvalue weighted by atomic mass is 9.83. The summed E-state index contributed by atoms with van der Waals surface area (Å²) in [6.45, 7) is 0. The first-order chi connectivity index (χ1) is 14.6. The van der Waals surface area contributed by atoms with Crippen molar-refractivity contribution < 1.29 is 22.7 Å². The maximum atomic E-state index is 12.2. The molecule has 0 N–H and O–H groups in total. The molecule has 30 heavy (non-hydrogen) atoms. The third-order valence-corrected chi connectivity index (χ3v) is 5.69. The van der Waals surface area contributed by atoms with E-state index in [1.54, 1.807) is 19.2 Å². The minimum atomic E-state index is -2.50. The molecule has 0 saturated heterocycles. The molecule has 3 aromatic rings. The Morgan fingerprint density at radius 2 is 1.73 bits per heavy atom. The summed E-state index contributed by atoms with van der Waals surface area (Å²) in [4.78, 5) is 12.2. The van der Waals surface area contributed by atoms with Crippen molar-refractivity contribution in [3.63, 3.8) is 0 Å². The van der Waals surface area contributed by atoms with Crippen molar-refractivity contribution in [3.05, 3.63) is 95.1 Å². The van der Waals surface area contributed by atoms with Crippen molar-refractivity contribution >= 4 is 28.3 Å². The van der Waals surface area contributed by atoms with Gasteiger partial charge in [0.25, 0.3) is 0 Å². The van der Waals surface area contributed by atoms with Gasteiger partial charge in [0.2, 0.25) is 0 Å². The van der Waals surface area contributed by atoms with E-state index in [0.29, 0.717) is 22.8 Å². The number of carbonyl (C=O) groups is 1. The molecule has 152 valence electrons. The number of hydrogen-bond acceptors (Lipinski definition) is 5. The van der Waals surface area contributed by atoms with Crippen molar-refractivity contribution in [3.8, 4) is 11.5 Å². The van der Waals surface area contributed by atoms with Gasteiger partial charge in [-0.05, 0) is 29.3 Å². The van der Waals surface area contributed by atoms with E-state index >= 15 is 0 Å². The molecule has 1 atom stereocenters. The highest BCUT2D eigenvalue weighted by Gasteiger charge is 2.31. The quantitative estimate of drug-likeness (QED) is 0.481. The van der Waals surface area contributed by atoms with Gasteiger partial charge in [-0.3, -0.25) is 0 Å². The van der Waals surface area contributed by atoms with Crippen LogP contribution in [0.3, 0.4) is 0 Å². The van der Waals surface area contributed by atoms with Crippen LogP contribution < -0.4 is 9.47 Å². The maximum Gasteiger partial charge on any atom is 0.144 e. The maximum absolute atomic E-state index is 12.2. The van der Waals surface area contributed by atoms with E-state index in [4.69, 9.17) is 9.47 Å². The lowest BCUT2D eigenvalue weighted by Crippen LogP contribution is -2.15. The standard InChI is InChI=1S/C24H20O5S/c1-28-19-6-4-5-18(13-19)23-21(14-25)20-7-2-3-8-22(20)29-24(23)17-11-9-16(10-12-17)15-30(26)27/h2-14,21,30H,15H2,1H3. The van der Waals surface area contributed by atoms with Gasteiger partial charge in [0, 0.05) is 16.7 Å². The fourth-order valence-corrected chi connectivity index (χ4v) is 4.17. The molecular weight excluding hydrogens is 400 g/mol.